The van der Waals surface area contributed by atoms with Crippen molar-refractivity contribution in [2.75, 3.05) is 6.58 Å². The fourth-order valence-electron chi connectivity index (χ4n) is 2.20. The van der Waals surface area contributed by atoms with Crippen LogP contribution in [0.3, 0.4) is 0 Å². The summed E-state index contributed by atoms with van der Waals surface area (Å²) in [6, 6.07) is 0. The fraction of sp³-hybridized carbons (Fsp3) is 0.667. The summed E-state index contributed by atoms with van der Waals surface area (Å²) in [5.41, 5.74) is -3.43. The second-order valence-electron chi connectivity index (χ2n) is 4.93. The van der Waals surface area contributed by atoms with E-state index in [1.54, 1.807) is 0 Å². The van der Waals surface area contributed by atoms with Gasteiger partial charge in [0.2, 0.25) is 0 Å². The molecule has 0 saturated carbocycles. The first kappa shape index (κ1) is 12.3. The number of hydrogen-bond donors (Lipinski definition) is 4. The summed E-state index contributed by atoms with van der Waals surface area (Å²) in [5, 5.41) is 29.9. The number of aliphatic hydroxyl groups is 3. The van der Waals surface area contributed by atoms with Crippen LogP contribution in [0.15, 0.2) is 9.59 Å². The van der Waals surface area contributed by atoms with E-state index in [1.165, 1.54) is 13.8 Å². The third kappa shape index (κ3) is 2.01. The van der Waals surface area contributed by atoms with Gasteiger partial charge in [-0.05, 0) is 20.8 Å². The van der Waals surface area contributed by atoms with Gasteiger partial charge in [-0.25, -0.2) is 4.79 Å². The van der Waals surface area contributed by atoms with Crippen LogP contribution in [0.4, 0.5) is 0 Å². The van der Waals surface area contributed by atoms with E-state index in [9.17, 15) is 24.9 Å². The molecule has 1 aliphatic heterocycles. The highest BCUT2D eigenvalue weighted by molar-refractivity contribution is 5.16. The van der Waals surface area contributed by atoms with Crippen molar-refractivity contribution in [1.29, 1.82) is 0 Å². The predicted octanol–water partition coefficient (Wildman–Crippen LogP) is -1.84. The Kier molecular flexibility index (Phi) is 2.95. The number of ether oxygens (including phenoxy) is 1. The maximum absolute atomic E-state index is 12.0. The average Bonchev–Trinajstić information content (AvgIpc) is 2.55. The van der Waals surface area contributed by atoms with Crippen molar-refractivity contribution in [3.63, 3.8) is 0 Å². The second-order valence-corrected chi connectivity index (χ2v) is 4.93. The summed E-state index contributed by atoms with van der Waals surface area (Å²) in [5.74, 6) is 0. The molecule has 2 rings (SSSR count). The van der Waals surface area contributed by atoms with Gasteiger partial charge in [-0.15, -0.1) is 0 Å². The molecule has 0 aromatic carbocycles. The van der Waals surface area contributed by atoms with E-state index in [0.717, 1.165) is 11.5 Å². The molecule has 8 nitrogen and oxygen atoms in total. The quantitative estimate of drug-likeness (QED) is 0.506. The number of nitrogens with one attached hydrogen (secondary N) is 1. The monoisotopic (exact) mass is 288 g/mol. The highest BCUT2D eigenvalue weighted by Crippen LogP contribution is 2.37. The highest BCUT2D eigenvalue weighted by Gasteiger charge is 2.53. The predicted molar refractivity (Wildman–Crippen MR) is 68.4 cm³/mol. The lowest BCUT2D eigenvalue weighted by Gasteiger charge is -2.29. The number of aliphatic hydroxyl groups excluding tert-OH is 1. The Morgan fingerprint density at radius 3 is 2.65 bits per heavy atom. The van der Waals surface area contributed by atoms with Crippen LogP contribution in [0.5, 0.6) is 0 Å². The topological polar surface area (TPSA) is 125 Å². The van der Waals surface area contributed by atoms with Crippen LogP contribution in [0.2, 0.25) is 0 Å². The standard InChI is InChI=1S/C12H18N2O6/c1-5-6(2)14(11(18)13-9(5)17)10-12(3,19)8(16)7(4-15)20-10/h7-8,10,15-16,19H,4H2,1-3H3,(H,13,17,18)/t7-,8-,10-,12-/m1/s1/i4D,8D/t4?,7-,8-,10-,12-. The van der Waals surface area contributed by atoms with Crippen molar-refractivity contribution in [1.82, 2.24) is 9.55 Å². The summed E-state index contributed by atoms with van der Waals surface area (Å²) in [6.07, 6.45) is -6.04. The molecule has 1 saturated heterocycles. The molecule has 0 bridgehead atoms. The van der Waals surface area contributed by atoms with E-state index in [-0.39, 0.29) is 11.3 Å². The molecular weight excluding hydrogens is 268 g/mol. The molecule has 1 aliphatic rings. The minimum Gasteiger partial charge on any atom is -0.394 e. The van der Waals surface area contributed by atoms with Crippen LogP contribution in [0, 0.1) is 13.8 Å². The van der Waals surface area contributed by atoms with Gasteiger partial charge in [0.15, 0.2) is 6.23 Å². The molecule has 20 heavy (non-hydrogen) atoms. The van der Waals surface area contributed by atoms with Gasteiger partial charge in [0.05, 0.1) is 9.32 Å². The van der Waals surface area contributed by atoms with E-state index < -0.39 is 41.8 Å². The maximum Gasteiger partial charge on any atom is 0.330 e. The second kappa shape index (κ2) is 4.81. The lowest BCUT2D eigenvalue weighted by atomic mass is 9.96. The van der Waals surface area contributed by atoms with E-state index in [0.29, 0.717) is 0 Å². The molecule has 1 aromatic heterocycles. The van der Waals surface area contributed by atoms with Gasteiger partial charge in [0.1, 0.15) is 17.8 Å². The van der Waals surface area contributed by atoms with Crippen molar-refractivity contribution in [2.45, 2.75) is 44.8 Å². The summed E-state index contributed by atoms with van der Waals surface area (Å²) >= 11 is 0. The summed E-state index contributed by atoms with van der Waals surface area (Å²) in [6.45, 7) is 1.95. The molecule has 1 unspecified atom stereocenters. The number of hydrogen-bond acceptors (Lipinski definition) is 6. The summed E-state index contributed by atoms with van der Waals surface area (Å²) < 4.78 is 21.1. The molecule has 0 aliphatic carbocycles. The smallest absolute Gasteiger partial charge is 0.330 e. The lowest BCUT2D eigenvalue weighted by molar-refractivity contribution is -0.0996. The Hall–Kier alpha value is -1.48. The van der Waals surface area contributed by atoms with Gasteiger partial charge < -0.3 is 20.1 Å². The molecule has 0 spiro atoms. The van der Waals surface area contributed by atoms with Crippen molar-refractivity contribution >= 4 is 0 Å². The molecular formula is C12H18N2O6. The van der Waals surface area contributed by atoms with Gasteiger partial charge in [-0.2, -0.15) is 0 Å². The number of H-pyrrole nitrogens is 1. The van der Waals surface area contributed by atoms with Crippen LogP contribution in [-0.2, 0) is 4.74 Å². The molecule has 5 atom stereocenters. The highest BCUT2D eigenvalue weighted by atomic mass is 16.6. The van der Waals surface area contributed by atoms with Crippen molar-refractivity contribution in [3.05, 3.63) is 32.1 Å². The van der Waals surface area contributed by atoms with Crippen LogP contribution < -0.4 is 11.2 Å². The first-order valence-electron chi connectivity index (χ1n) is 7.03. The van der Waals surface area contributed by atoms with E-state index >= 15 is 0 Å². The Bertz CT molecular complexity index is 709. The molecule has 0 radical (unpaired) electrons. The third-order valence-electron chi connectivity index (χ3n) is 3.60. The first-order chi connectivity index (χ1) is 9.92. The van der Waals surface area contributed by atoms with Crippen LogP contribution in [-0.4, -0.2) is 49.2 Å². The van der Waals surface area contributed by atoms with Crippen LogP contribution in [0.25, 0.3) is 0 Å². The van der Waals surface area contributed by atoms with E-state index in [1.807, 2.05) is 4.98 Å². The number of rotatable bonds is 2. The van der Waals surface area contributed by atoms with E-state index in [2.05, 4.69) is 0 Å². The molecule has 8 heteroatoms. The molecule has 1 aromatic rings. The van der Waals surface area contributed by atoms with Gasteiger partial charge >= 0.3 is 5.69 Å². The minimum absolute atomic E-state index is 0.176. The zero-order valence-electron chi connectivity index (χ0n) is 13.2. The Morgan fingerprint density at radius 2 is 2.15 bits per heavy atom. The zero-order valence-corrected chi connectivity index (χ0v) is 11.2. The van der Waals surface area contributed by atoms with E-state index in [4.69, 9.17) is 7.48 Å². The number of aromatic nitrogens is 2. The largest absolute Gasteiger partial charge is 0.394 e. The average molecular weight is 288 g/mol. The zero-order chi connectivity index (χ0) is 17.0. The lowest BCUT2D eigenvalue weighted by Crippen LogP contribution is -2.47. The van der Waals surface area contributed by atoms with Gasteiger partial charge in [0.25, 0.3) is 5.56 Å². The van der Waals surface area contributed by atoms with Crippen molar-refractivity contribution in [3.8, 4) is 0 Å². The normalized spacial score (nSPS) is 40.3. The number of nitrogens with zero attached hydrogens (tertiary/aromatic N) is 1. The maximum atomic E-state index is 12.0. The molecule has 0 amide bonds. The minimum atomic E-state index is -2.73. The fourth-order valence-corrected chi connectivity index (χ4v) is 2.20. The summed E-state index contributed by atoms with van der Waals surface area (Å²) in [4.78, 5) is 25.6. The number of aromatic amines is 1. The Balaban J connectivity index is 2.67. The molecule has 1 fully saturated rings. The van der Waals surface area contributed by atoms with Crippen LogP contribution >= 0.6 is 0 Å². The Labute approximate surface area is 117 Å². The Morgan fingerprint density at radius 1 is 1.55 bits per heavy atom. The molecule has 4 N–H and O–H groups in total. The summed E-state index contributed by atoms with van der Waals surface area (Å²) in [7, 11) is 0. The van der Waals surface area contributed by atoms with Crippen molar-refractivity contribution < 1.29 is 22.8 Å². The SMILES string of the molecule is [2H]C(O)[C@H]1O[C@@H](n2c(C)c(C)c(=O)[nH]c2=O)[C@](C)(O)[C@]1([2H])O. The molecule has 112 valence electrons. The third-order valence-corrected chi connectivity index (χ3v) is 3.60. The van der Waals surface area contributed by atoms with Crippen LogP contribution in [0.1, 0.15) is 27.2 Å². The van der Waals surface area contributed by atoms with Gasteiger partial charge in [0, 0.05) is 11.3 Å². The van der Waals surface area contributed by atoms with Gasteiger partial charge in [-0.1, -0.05) is 0 Å². The first-order valence-corrected chi connectivity index (χ1v) is 5.95. The van der Waals surface area contributed by atoms with Gasteiger partial charge in [-0.3, -0.25) is 14.3 Å². The molecule has 2 heterocycles. The van der Waals surface area contributed by atoms with Crippen molar-refractivity contribution in [2.24, 2.45) is 0 Å².